The third kappa shape index (κ3) is 3.23. The van der Waals surface area contributed by atoms with Gasteiger partial charge in [-0.05, 0) is 12.0 Å². The normalized spacial score (nSPS) is 21.4. The van der Waals surface area contributed by atoms with Crippen LogP contribution in [0.25, 0.3) is 0 Å². The molecule has 0 heterocycles. The molecule has 98 valence electrons. The fourth-order valence-corrected chi connectivity index (χ4v) is 2.07. The predicted molar refractivity (Wildman–Crippen MR) is 68.2 cm³/mol. The molecule has 2 rings (SSSR count). The predicted octanol–water partition coefficient (Wildman–Crippen LogP) is 2.29. The van der Waals surface area contributed by atoms with Crippen molar-refractivity contribution in [3.05, 3.63) is 35.9 Å². The van der Waals surface area contributed by atoms with Crippen LogP contribution < -0.4 is 0 Å². The highest BCUT2D eigenvalue weighted by atomic mass is 16.5. The lowest BCUT2D eigenvalue weighted by molar-refractivity contribution is 0.0979. The van der Waals surface area contributed by atoms with Crippen molar-refractivity contribution < 1.29 is 14.3 Å². The molecule has 0 bridgehead atoms. The van der Waals surface area contributed by atoms with Crippen LogP contribution in [0.5, 0.6) is 0 Å². The molecular weight excluding hydrogens is 230 g/mol. The second-order valence-electron chi connectivity index (χ2n) is 4.64. The summed E-state index contributed by atoms with van der Waals surface area (Å²) in [5.74, 6) is 0.442. The van der Waals surface area contributed by atoms with E-state index >= 15 is 0 Å². The summed E-state index contributed by atoms with van der Waals surface area (Å²) in [6.45, 7) is 1.33. The van der Waals surface area contributed by atoms with Gasteiger partial charge < -0.3 is 14.4 Å². The van der Waals surface area contributed by atoms with E-state index < -0.39 is 0 Å². The first-order chi connectivity index (χ1) is 8.72. The number of methoxy groups -OCH3 is 1. The molecule has 1 aromatic carbocycles. The van der Waals surface area contributed by atoms with Crippen LogP contribution in [0, 0.1) is 5.92 Å². The van der Waals surface area contributed by atoms with Gasteiger partial charge in [-0.15, -0.1) is 0 Å². The molecule has 0 saturated heterocycles. The van der Waals surface area contributed by atoms with Gasteiger partial charge >= 0.3 is 6.09 Å². The summed E-state index contributed by atoms with van der Waals surface area (Å²) < 4.78 is 10.3. The summed E-state index contributed by atoms with van der Waals surface area (Å²) in [7, 11) is 3.18. The van der Waals surface area contributed by atoms with E-state index in [9.17, 15) is 4.79 Å². The van der Waals surface area contributed by atoms with Crippen LogP contribution in [0.1, 0.15) is 12.0 Å². The zero-order chi connectivity index (χ0) is 13.0. The molecule has 1 fully saturated rings. The molecule has 1 aromatic rings. The van der Waals surface area contributed by atoms with Crippen LogP contribution in [-0.4, -0.2) is 37.8 Å². The summed E-state index contributed by atoms with van der Waals surface area (Å²) in [4.78, 5) is 12.9. The molecule has 1 aliphatic carbocycles. The van der Waals surface area contributed by atoms with Gasteiger partial charge in [0.25, 0.3) is 0 Å². The zero-order valence-electron chi connectivity index (χ0n) is 10.8. The molecule has 0 aliphatic heterocycles. The van der Waals surface area contributed by atoms with Crippen LogP contribution in [0.2, 0.25) is 0 Å². The number of rotatable bonds is 5. The van der Waals surface area contributed by atoms with E-state index in [0.717, 1.165) is 6.42 Å². The molecular formula is C14H19NO3. The lowest BCUT2D eigenvalue weighted by atomic mass is 10.2. The van der Waals surface area contributed by atoms with E-state index in [2.05, 4.69) is 4.74 Å². The minimum Gasteiger partial charge on any atom is -0.453 e. The minimum absolute atomic E-state index is 0.272. The Hall–Kier alpha value is -1.55. The van der Waals surface area contributed by atoms with Gasteiger partial charge in [0.15, 0.2) is 0 Å². The van der Waals surface area contributed by atoms with Crippen LogP contribution in [0.15, 0.2) is 30.3 Å². The van der Waals surface area contributed by atoms with Crippen molar-refractivity contribution >= 4 is 6.09 Å². The Balaban J connectivity index is 1.67. The lowest BCUT2D eigenvalue weighted by Crippen LogP contribution is -2.30. The number of hydrogen-bond donors (Lipinski definition) is 0. The van der Waals surface area contributed by atoms with Crippen LogP contribution in [-0.2, 0) is 16.1 Å². The number of amides is 1. The number of hydrogen-bond acceptors (Lipinski definition) is 3. The van der Waals surface area contributed by atoms with E-state index in [4.69, 9.17) is 4.74 Å². The highest BCUT2D eigenvalue weighted by Gasteiger charge is 2.42. The van der Waals surface area contributed by atoms with Crippen LogP contribution in [0.4, 0.5) is 4.79 Å². The molecule has 0 aromatic heterocycles. The first kappa shape index (κ1) is 12.9. The fraction of sp³-hybridized carbons (Fsp3) is 0.500. The maximum atomic E-state index is 11.3. The average molecular weight is 249 g/mol. The highest BCUT2D eigenvalue weighted by Crippen LogP contribution is 2.35. The second kappa shape index (κ2) is 5.87. The summed E-state index contributed by atoms with van der Waals surface area (Å²) in [5, 5.41) is 0. The van der Waals surface area contributed by atoms with Gasteiger partial charge in [0, 0.05) is 19.0 Å². The van der Waals surface area contributed by atoms with Gasteiger partial charge in [-0.3, -0.25) is 0 Å². The van der Waals surface area contributed by atoms with Crippen molar-refractivity contribution in [2.45, 2.75) is 19.1 Å². The molecule has 2 atom stereocenters. The lowest BCUT2D eigenvalue weighted by Gasteiger charge is -2.15. The van der Waals surface area contributed by atoms with Gasteiger partial charge in [-0.1, -0.05) is 30.3 Å². The Bertz CT molecular complexity index is 393. The maximum absolute atomic E-state index is 11.3. The Morgan fingerprint density at radius 1 is 1.39 bits per heavy atom. The van der Waals surface area contributed by atoms with Crippen molar-refractivity contribution in [2.24, 2.45) is 5.92 Å². The number of nitrogens with zero attached hydrogens (tertiary/aromatic N) is 1. The largest absolute Gasteiger partial charge is 0.453 e. The van der Waals surface area contributed by atoms with Crippen molar-refractivity contribution in [1.82, 2.24) is 4.90 Å². The maximum Gasteiger partial charge on any atom is 0.409 e. The van der Waals surface area contributed by atoms with Gasteiger partial charge in [-0.25, -0.2) is 4.79 Å². The molecule has 4 heteroatoms. The number of benzene rings is 1. The van der Waals surface area contributed by atoms with Crippen molar-refractivity contribution in [2.75, 3.05) is 20.8 Å². The fourth-order valence-electron chi connectivity index (χ4n) is 2.07. The SMILES string of the molecule is COC(=O)N(C)C1CC1COCc1ccccc1. The Morgan fingerprint density at radius 2 is 2.11 bits per heavy atom. The first-order valence-corrected chi connectivity index (χ1v) is 6.15. The van der Waals surface area contributed by atoms with Crippen LogP contribution in [0.3, 0.4) is 0 Å². The second-order valence-corrected chi connectivity index (χ2v) is 4.64. The minimum atomic E-state index is -0.273. The van der Waals surface area contributed by atoms with Crippen LogP contribution >= 0.6 is 0 Å². The molecule has 2 unspecified atom stereocenters. The highest BCUT2D eigenvalue weighted by molar-refractivity contribution is 5.67. The topological polar surface area (TPSA) is 38.8 Å². The van der Waals surface area contributed by atoms with Gasteiger partial charge in [0.1, 0.15) is 0 Å². The smallest absolute Gasteiger partial charge is 0.409 e. The average Bonchev–Trinajstić information content (AvgIpc) is 3.18. The molecule has 1 amide bonds. The summed E-state index contributed by atoms with van der Waals surface area (Å²) in [5.41, 5.74) is 1.18. The summed E-state index contributed by atoms with van der Waals surface area (Å²) in [6, 6.07) is 10.4. The molecule has 0 spiro atoms. The molecule has 0 N–H and O–H groups in total. The Kier molecular flexibility index (Phi) is 4.20. The third-order valence-corrected chi connectivity index (χ3v) is 3.29. The van der Waals surface area contributed by atoms with Crippen molar-refractivity contribution in [1.29, 1.82) is 0 Å². The monoisotopic (exact) mass is 249 g/mol. The first-order valence-electron chi connectivity index (χ1n) is 6.15. The standard InChI is InChI=1S/C14H19NO3/c1-15(14(16)17-2)13-8-12(13)10-18-9-11-6-4-3-5-7-11/h3-7,12-13H,8-10H2,1-2H3. The molecule has 18 heavy (non-hydrogen) atoms. The summed E-state index contributed by atoms with van der Waals surface area (Å²) >= 11 is 0. The number of carbonyl (C=O) groups excluding carboxylic acids is 1. The van der Waals surface area contributed by atoms with E-state index in [1.165, 1.54) is 12.7 Å². The quantitative estimate of drug-likeness (QED) is 0.803. The van der Waals surface area contributed by atoms with Gasteiger partial charge in [0.05, 0.1) is 20.3 Å². The Morgan fingerprint density at radius 3 is 2.78 bits per heavy atom. The third-order valence-electron chi connectivity index (χ3n) is 3.29. The van der Waals surface area contributed by atoms with E-state index in [1.54, 1.807) is 11.9 Å². The zero-order valence-corrected chi connectivity index (χ0v) is 10.8. The van der Waals surface area contributed by atoms with E-state index in [1.807, 2.05) is 30.3 Å². The van der Waals surface area contributed by atoms with Gasteiger partial charge in [-0.2, -0.15) is 0 Å². The summed E-state index contributed by atoms with van der Waals surface area (Å²) in [6.07, 6.45) is 0.728. The van der Waals surface area contributed by atoms with Crippen molar-refractivity contribution in [3.63, 3.8) is 0 Å². The molecule has 0 radical (unpaired) electrons. The Labute approximate surface area is 107 Å². The van der Waals surface area contributed by atoms with E-state index in [0.29, 0.717) is 19.1 Å². The number of carbonyl (C=O) groups is 1. The van der Waals surface area contributed by atoms with Gasteiger partial charge in [0.2, 0.25) is 0 Å². The molecule has 1 aliphatic rings. The molecule has 1 saturated carbocycles. The van der Waals surface area contributed by atoms with E-state index in [-0.39, 0.29) is 12.1 Å². The number of ether oxygens (including phenoxy) is 2. The molecule has 4 nitrogen and oxygen atoms in total. The van der Waals surface area contributed by atoms with Crippen molar-refractivity contribution in [3.8, 4) is 0 Å².